The van der Waals surface area contributed by atoms with Crippen LogP contribution in [0.25, 0.3) is 0 Å². The van der Waals surface area contributed by atoms with E-state index in [0.717, 1.165) is 103 Å². The minimum atomic E-state index is -0.779. The first-order chi connectivity index (χ1) is 32.5. The molecule has 0 amide bonds. The van der Waals surface area contributed by atoms with Crippen LogP contribution < -0.4 is 0 Å². The second-order valence-corrected chi connectivity index (χ2v) is 18.8. The van der Waals surface area contributed by atoms with E-state index in [4.69, 9.17) is 14.2 Å². The number of allylic oxidation sites excluding steroid dienone is 10. The van der Waals surface area contributed by atoms with Crippen LogP contribution in [0, 0.1) is 0 Å². The molecule has 1 atom stereocenters. The summed E-state index contributed by atoms with van der Waals surface area (Å²) in [5, 5.41) is 0. The maximum atomic E-state index is 12.8. The van der Waals surface area contributed by atoms with Crippen molar-refractivity contribution in [3.63, 3.8) is 0 Å². The van der Waals surface area contributed by atoms with Gasteiger partial charge in [0.1, 0.15) is 13.2 Å². The fourth-order valence-corrected chi connectivity index (χ4v) is 8.02. The minimum Gasteiger partial charge on any atom is -0.462 e. The highest BCUT2D eigenvalue weighted by Crippen LogP contribution is 2.16. The molecule has 0 aromatic rings. The third-order valence-electron chi connectivity index (χ3n) is 12.3. The van der Waals surface area contributed by atoms with Crippen molar-refractivity contribution in [3.05, 3.63) is 60.8 Å². The van der Waals surface area contributed by atoms with Crippen molar-refractivity contribution in [2.45, 2.75) is 290 Å². The summed E-state index contributed by atoms with van der Waals surface area (Å²) in [6, 6.07) is 0. The van der Waals surface area contributed by atoms with Crippen LogP contribution in [-0.4, -0.2) is 37.2 Å². The Morgan fingerprint density at radius 1 is 0.318 bits per heavy atom. The molecule has 382 valence electrons. The number of carbonyl (C=O) groups excluding carboxylic acids is 3. The summed E-state index contributed by atoms with van der Waals surface area (Å²) in [6.07, 6.45) is 67.8. The van der Waals surface area contributed by atoms with Crippen LogP contribution in [0.2, 0.25) is 0 Å². The first kappa shape index (κ1) is 63.1. The Morgan fingerprint density at radius 2 is 0.591 bits per heavy atom. The molecule has 0 heterocycles. The van der Waals surface area contributed by atoms with Gasteiger partial charge in [0.15, 0.2) is 6.10 Å². The number of ether oxygens (including phenoxy) is 3. The molecule has 0 N–H and O–H groups in total. The van der Waals surface area contributed by atoms with E-state index in [1.54, 1.807) is 0 Å². The number of hydrogen-bond donors (Lipinski definition) is 0. The van der Waals surface area contributed by atoms with E-state index >= 15 is 0 Å². The van der Waals surface area contributed by atoms with Crippen molar-refractivity contribution in [1.82, 2.24) is 0 Å². The first-order valence-electron chi connectivity index (χ1n) is 28.3. The fraction of sp³-hybridized carbons (Fsp3) is 0.783. The highest BCUT2D eigenvalue weighted by Gasteiger charge is 2.19. The van der Waals surface area contributed by atoms with E-state index in [9.17, 15) is 14.4 Å². The summed E-state index contributed by atoms with van der Waals surface area (Å²) >= 11 is 0. The molecule has 0 saturated carbocycles. The van der Waals surface area contributed by atoms with Crippen LogP contribution in [-0.2, 0) is 28.6 Å². The molecule has 0 aromatic carbocycles. The quantitative estimate of drug-likeness (QED) is 0.0262. The number of unbranched alkanes of at least 4 members (excludes halogenated alkanes) is 30. The Hall–Kier alpha value is -2.89. The molecule has 6 nitrogen and oxygen atoms in total. The van der Waals surface area contributed by atoms with Crippen LogP contribution in [0.3, 0.4) is 0 Å². The monoisotopic (exact) mass is 923 g/mol. The lowest BCUT2D eigenvalue weighted by Crippen LogP contribution is -2.30. The van der Waals surface area contributed by atoms with E-state index in [1.807, 2.05) is 0 Å². The predicted molar refractivity (Wildman–Crippen MR) is 284 cm³/mol. The molecular formula is C60H106O6. The average Bonchev–Trinajstić information content (AvgIpc) is 3.31. The van der Waals surface area contributed by atoms with Gasteiger partial charge in [0.25, 0.3) is 0 Å². The van der Waals surface area contributed by atoms with Crippen LogP contribution in [0.1, 0.15) is 284 Å². The van der Waals surface area contributed by atoms with E-state index in [0.29, 0.717) is 19.3 Å². The van der Waals surface area contributed by atoms with Crippen LogP contribution >= 0.6 is 0 Å². The number of esters is 3. The molecule has 0 aromatic heterocycles. The first-order valence-corrected chi connectivity index (χ1v) is 28.3. The van der Waals surface area contributed by atoms with Gasteiger partial charge in [0.05, 0.1) is 0 Å². The normalized spacial score (nSPS) is 12.5. The van der Waals surface area contributed by atoms with Gasteiger partial charge in [0.2, 0.25) is 0 Å². The van der Waals surface area contributed by atoms with Gasteiger partial charge in [-0.25, -0.2) is 0 Å². The van der Waals surface area contributed by atoms with Gasteiger partial charge in [0, 0.05) is 19.3 Å². The lowest BCUT2D eigenvalue weighted by atomic mass is 10.0. The Labute approximate surface area is 409 Å². The van der Waals surface area contributed by atoms with E-state index < -0.39 is 6.10 Å². The third-order valence-corrected chi connectivity index (χ3v) is 12.3. The summed E-state index contributed by atoms with van der Waals surface area (Å²) < 4.78 is 16.8. The molecule has 1 unspecified atom stereocenters. The van der Waals surface area contributed by atoms with Crippen LogP contribution in [0.15, 0.2) is 60.8 Å². The average molecular weight is 924 g/mol. The summed E-state index contributed by atoms with van der Waals surface area (Å²) in [6.45, 7) is 6.53. The molecule has 0 aliphatic heterocycles. The van der Waals surface area contributed by atoms with Crippen LogP contribution in [0.5, 0.6) is 0 Å². The molecule has 0 aliphatic rings. The molecule has 0 fully saturated rings. The molecule has 0 radical (unpaired) electrons. The van der Waals surface area contributed by atoms with Gasteiger partial charge in [-0.2, -0.15) is 0 Å². The Morgan fingerprint density at radius 3 is 0.939 bits per heavy atom. The largest absolute Gasteiger partial charge is 0.462 e. The van der Waals surface area contributed by atoms with Crippen molar-refractivity contribution < 1.29 is 28.6 Å². The minimum absolute atomic E-state index is 0.0774. The summed E-state index contributed by atoms with van der Waals surface area (Å²) in [4.78, 5) is 38.1. The second-order valence-electron chi connectivity index (χ2n) is 18.8. The van der Waals surface area contributed by atoms with Crippen molar-refractivity contribution >= 4 is 17.9 Å². The zero-order valence-corrected chi connectivity index (χ0v) is 43.7. The highest BCUT2D eigenvalue weighted by molar-refractivity contribution is 5.71. The Bertz CT molecular complexity index is 1200. The van der Waals surface area contributed by atoms with E-state index in [-0.39, 0.29) is 31.1 Å². The van der Waals surface area contributed by atoms with Crippen molar-refractivity contribution in [3.8, 4) is 0 Å². The molecule has 0 spiro atoms. The van der Waals surface area contributed by atoms with Crippen LogP contribution in [0.4, 0.5) is 0 Å². The highest BCUT2D eigenvalue weighted by atomic mass is 16.6. The van der Waals surface area contributed by atoms with Gasteiger partial charge < -0.3 is 14.2 Å². The summed E-state index contributed by atoms with van der Waals surface area (Å²) in [7, 11) is 0. The summed E-state index contributed by atoms with van der Waals surface area (Å²) in [5.41, 5.74) is 0. The van der Waals surface area contributed by atoms with Gasteiger partial charge in [-0.15, -0.1) is 0 Å². The maximum absolute atomic E-state index is 12.8. The standard InChI is InChI=1S/C60H106O6/c1-4-7-10-13-16-19-22-25-27-28-29-30-31-32-33-36-38-41-44-47-50-53-59(62)65-56-57(55-64-58(61)52-49-46-43-40-37-34-24-21-18-15-12-9-6-3)66-60(63)54-51-48-45-42-39-35-26-23-20-17-14-11-8-5-2/h7,10,16,19,23,25-27,29-30,57H,4-6,8-9,11-15,17-18,20-22,24,28,31-56H2,1-3H3/b10-7-,19-16-,26-23-,27-25-,30-29-. The lowest BCUT2D eigenvalue weighted by Gasteiger charge is -2.18. The number of carbonyl (C=O) groups is 3. The van der Waals surface area contributed by atoms with Gasteiger partial charge >= 0.3 is 17.9 Å². The fourth-order valence-electron chi connectivity index (χ4n) is 8.02. The Balaban J connectivity index is 4.34. The number of hydrogen-bond acceptors (Lipinski definition) is 6. The molecule has 6 heteroatoms. The number of rotatable bonds is 51. The van der Waals surface area contributed by atoms with E-state index in [2.05, 4.69) is 81.5 Å². The predicted octanol–water partition coefficient (Wildman–Crippen LogP) is 18.8. The molecule has 0 saturated heterocycles. The second kappa shape index (κ2) is 54.7. The SMILES string of the molecule is CC/C=C\C/C=C\C/C=C\C/C=C\CCCCCCCCCCC(=O)OCC(COC(=O)CCCCCCCCCCCCCCC)OC(=O)CCCCCCC/C=C\CCCCCCC. The molecule has 0 rings (SSSR count). The van der Waals surface area contributed by atoms with Crippen molar-refractivity contribution in [1.29, 1.82) is 0 Å². The topological polar surface area (TPSA) is 78.9 Å². The smallest absolute Gasteiger partial charge is 0.306 e. The zero-order valence-electron chi connectivity index (χ0n) is 43.7. The van der Waals surface area contributed by atoms with Crippen molar-refractivity contribution in [2.75, 3.05) is 13.2 Å². The van der Waals surface area contributed by atoms with Gasteiger partial charge in [-0.05, 0) is 83.5 Å². The molecule has 0 bridgehead atoms. The van der Waals surface area contributed by atoms with Crippen molar-refractivity contribution in [2.24, 2.45) is 0 Å². The van der Waals surface area contributed by atoms with Gasteiger partial charge in [-0.3, -0.25) is 14.4 Å². The zero-order chi connectivity index (χ0) is 47.9. The lowest BCUT2D eigenvalue weighted by molar-refractivity contribution is -0.167. The summed E-state index contributed by atoms with van der Waals surface area (Å²) in [5.74, 6) is -0.884. The maximum Gasteiger partial charge on any atom is 0.306 e. The Kier molecular flexibility index (Phi) is 52.3. The molecular weight excluding hydrogens is 817 g/mol. The molecule has 0 aliphatic carbocycles. The van der Waals surface area contributed by atoms with Gasteiger partial charge in [-0.1, -0.05) is 242 Å². The third kappa shape index (κ3) is 52.1. The van der Waals surface area contributed by atoms with E-state index in [1.165, 1.54) is 141 Å². The molecule has 66 heavy (non-hydrogen) atoms.